The molecule has 0 heterocycles. The lowest BCUT2D eigenvalue weighted by Gasteiger charge is -2.20. The van der Waals surface area contributed by atoms with Crippen molar-refractivity contribution in [2.24, 2.45) is 0 Å². The summed E-state index contributed by atoms with van der Waals surface area (Å²) >= 11 is 0. The van der Waals surface area contributed by atoms with E-state index in [1.165, 1.54) is 38.5 Å². The molecule has 0 bridgehead atoms. The van der Waals surface area contributed by atoms with Gasteiger partial charge in [-0.1, -0.05) is 125 Å². The quantitative estimate of drug-likeness (QED) is 0.0155. The van der Waals surface area contributed by atoms with Gasteiger partial charge in [0.15, 0.2) is 6.10 Å². The Morgan fingerprint density at radius 3 is 1.71 bits per heavy atom. The fraction of sp³-hybridized carbons (Fsp3) is 0.636. The van der Waals surface area contributed by atoms with Crippen molar-refractivity contribution >= 4 is 19.8 Å². The summed E-state index contributed by atoms with van der Waals surface area (Å²) in [4.78, 5) is 34.9. The van der Waals surface area contributed by atoms with Crippen molar-refractivity contribution < 1.29 is 52.9 Å². The number of rotatable bonds is 37. The first-order valence-electron chi connectivity index (χ1n) is 20.7. The number of allylic oxidation sites excluding steroid dienone is 12. The smallest absolute Gasteiger partial charge is 0.462 e. The van der Waals surface area contributed by atoms with Gasteiger partial charge < -0.3 is 29.7 Å². The monoisotopic (exact) mass is 808 g/mol. The third-order valence-corrected chi connectivity index (χ3v) is 9.05. The number of esters is 2. The van der Waals surface area contributed by atoms with Gasteiger partial charge in [-0.05, 0) is 83.5 Å². The second kappa shape index (κ2) is 39.0. The summed E-state index contributed by atoms with van der Waals surface area (Å²) in [6.07, 6.45) is 41.5. The highest BCUT2D eigenvalue weighted by atomic mass is 31.2. The Bertz CT molecular complexity index is 1220. The normalized spacial score (nSPS) is 15.3. The minimum atomic E-state index is -4.67. The molecule has 0 fully saturated rings. The number of hydrogen-bond donors (Lipinski definition) is 4. The molecule has 2 unspecified atom stereocenters. The van der Waals surface area contributed by atoms with Crippen LogP contribution in [0.2, 0.25) is 0 Å². The number of carbonyl (C=O) groups excluding carboxylic acids is 2. The summed E-state index contributed by atoms with van der Waals surface area (Å²) in [6.45, 7) is 2.08. The summed E-state index contributed by atoms with van der Waals surface area (Å²) in [5.74, 6) is -1.11. The van der Waals surface area contributed by atoms with E-state index in [0.717, 1.165) is 44.9 Å². The molecule has 0 saturated carbocycles. The Balaban J connectivity index is 4.61. The van der Waals surface area contributed by atoms with Crippen molar-refractivity contribution in [3.63, 3.8) is 0 Å². The Labute approximate surface area is 337 Å². The van der Waals surface area contributed by atoms with E-state index in [-0.39, 0.29) is 19.4 Å². The van der Waals surface area contributed by atoms with Gasteiger partial charge in [-0.15, -0.1) is 0 Å². The molecular weight excluding hydrogens is 735 g/mol. The highest BCUT2D eigenvalue weighted by molar-refractivity contribution is 7.47. The van der Waals surface area contributed by atoms with Crippen LogP contribution in [0.25, 0.3) is 0 Å². The van der Waals surface area contributed by atoms with Crippen molar-refractivity contribution in [1.29, 1.82) is 0 Å². The molecule has 4 N–H and O–H groups in total. The van der Waals surface area contributed by atoms with Crippen LogP contribution in [0.5, 0.6) is 0 Å². The first-order chi connectivity index (χ1) is 27.1. The fourth-order valence-corrected chi connectivity index (χ4v) is 5.62. The van der Waals surface area contributed by atoms with Crippen molar-refractivity contribution in [2.75, 3.05) is 26.4 Å². The molecule has 56 heavy (non-hydrogen) atoms. The molecule has 0 rings (SSSR count). The fourth-order valence-electron chi connectivity index (χ4n) is 4.83. The van der Waals surface area contributed by atoms with E-state index in [4.69, 9.17) is 19.1 Å². The number of phosphoric acid groups is 1. The van der Waals surface area contributed by atoms with Gasteiger partial charge in [0, 0.05) is 12.8 Å². The molecular formula is C44H73O11P. The van der Waals surface area contributed by atoms with Crippen molar-refractivity contribution in [2.45, 2.75) is 154 Å². The first kappa shape index (κ1) is 53.1. The second-order valence-electron chi connectivity index (χ2n) is 13.5. The third-order valence-electron chi connectivity index (χ3n) is 8.10. The van der Waals surface area contributed by atoms with E-state index in [0.29, 0.717) is 25.7 Å². The molecule has 0 aliphatic heterocycles. The van der Waals surface area contributed by atoms with Gasteiger partial charge in [0.25, 0.3) is 0 Å². The topological polar surface area (TPSA) is 169 Å². The van der Waals surface area contributed by atoms with E-state index in [1.54, 1.807) is 18.2 Å². The zero-order chi connectivity index (χ0) is 41.4. The number of hydrogen-bond acceptors (Lipinski definition) is 10. The molecule has 0 radical (unpaired) electrons. The zero-order valence-electron chi connectivity index (χ0n) is 34.2. The van der Waals surface area contributed by atoms with Crippen molar-refractivity contribution in [1.82, 2.24) is 0 Å². The SMILES string of the molecule is CCCCC/C=C\C/C=C\C/C=C\CCCCC(=O)OC[C@H](COP(=O)(O)OC[C@@H](O)CO)OC(=O)CCC/C=C/C=C\C(O)C/C=C\C/C=C\CCCCC. The third kappa shape index (κ3) is 38.0. The average molecular weight is 809 g/mol. The van der Waals surface area contributed by atoms with Gasteiger partial charge in [0.05, 0.1) is 25.9 Å². The molecule has 0 saturated heterocycles. The number of aliphatic hydroxyl groups is 3. The number of phosphoric ester groups is 1. The van der Waals surface area contributed by atoms with E-state index < -0.39 is 57.9 Å². The molecule has 0 aromatic heterocycles. The Kier molecular flexibility index (Phi) is 36.9. The van der Waals surface area contributed by atoms with Gasteiger partial charge in [0.1, 0.15) is 12.7 Å². The molecule has 0 aromatic rings. The summed E-state index contributed by atoms with van der Waals surface area (Å²) in [7, 11) is -4.67. The molecule has 0 amide bonds. The van der Waals surface area contributed by atoms with Crippen molar-refractivity contribution in [3.8, 4) is 0 Å². The summed E-state index contributed by atoms with van der Waals surface area (Å²) in [5.41, 5.74) is 0. The maximum Gasteiger partial charge on any atom is 0.472 e. The van der Waals surface area contributed by atoms with Gasteiger partial charge >= 0.3 is 19.8 Å². The molecule has 12 heteroatoms. The molecule has 0 aromatic carbocycles. The van der Waals surface area contributed by atoms with E-state index in [1.807, 2.05) is 18.2 Å². The van der Waals surface area contributed by atoms with Gasteiger partial charge in [-0.2, -0.15) is 0 Å². The van der Waals surface area contributed by atoms with Crippen LogP contribution in [-0.2, 0) is 32.7 Å². The lowest BCUT2D eigenvalue weighted by molar-refractivity contribution is -0.161. The molecule has 0 spiro atoms. The van der Waals surface area contributed by atoms with E-state index >= 15 is 0 Å². The van der Waals surface area contributed by atoms with Crippen LogP contribution in [0.3, 0.4) is 0 Å². The predicted molar refractivity (Wildman–Crippen MR) is 225 cm³/mol. The lowest BCUT2D eigenvalue weighted by atomic mass is 10.1. The zero-order valence-corrected chi connectivity index (χ0v) is 35.1. The average Bonchev–Trinajstić information content (AvgIpc) is 3.18. The Hall–Kier alpha value is -2.89. The number of carbonyl (C=O) groups is 2. The van der Waals surface area contributed by atoms with E-state index in [2.05, 4.69) is 67.0 Å². The van der Waals surface area contributed by atoms with Crippen LogP contribution in [0, 0.1) is 0 Å². The van der Waals surface area contributed by atoms with Gasteiger partial charge in [0.2, 0.25) is 0 Å². The summed E-state index contributed by atoms with van der Waals surface area (Å²) in [6, 6.07) is 0. The summed E-state index contributed by atoms with van der Waals surface area (Å²) < 4.78 is 32.5. The molecule has 320 valence electrons. The van der Waals surface area contributed by atoms with Crippen LogP contribution in [-0.4, -0.2) is 76.9 Å². The van der Waals surface area contributed by atoms with Crippen molar-refractivity contribution in [3.05, 3.63) is 85.1 Å². The van der Waals surface area contributed by atoms with Crippen LogP contribution in [0.4, 0.5) is 0 Å². The van der Waals surface area contributed by atoms with E-state index in [9.17, 15) is 29.3 Å². The first-order valence-corrected chi connectivity index (χ1v) is 22.1. The van der Waals surface area contributed by atoms with Gasteiger partial charge in [-0.3, -0.25) is 18.6 Å². The van der Waals surface area contributed by atoms with Crippen LogP contribution in [0.15, 0.2) is 85.1 Å². The van der Waals surface area contributed by atoms with Crippen LogP contribution in [0.1, 0.15) is 136 Å². The summed E-state index contributed by atoms with van der Waals surface area (Å²) in [5, 5.41) is 28.4. The van der Waals surface area contributed by atoms with Crippen LogP contribution >= 0.6 is 7.82 Å². The number of ether oxygens (including phenoxy) is 2. The minimum absolute atomic E-state index is 0.0361. The molecule has 4 atom stereocenters. The van der Waals surface area contributed by atoms with Crippen LogP contribution < -0.4 is 0 Å². The van der Waals surface area contributed by atoms with Gasteiger partial charge in [-0.25, -0.2) is 4.57 Å². The number of unbranched alkanes of at least 4 members (excludes halogenated alkanes) is 9. The maximum absolute atomic E-state index is 12.6. The molecule has 0 aliphatic carbocycles. The number of aliphatic hydroxyl groups excluding tert-OH is 3. The lowest BCUT2D eigenvalue weighted by Crippen LogP contribution is -2.29. The highest BCUT2D eigenvalue weighted by Crippen LogP contribution is 2.43. The maximum atomic E-state index is 12.6. The Morgan fingerprint density at radius 1 is 0.607 bits per heavy atom. The standard InChI is InChI=1S/C44H73O11P/c1-3-5-7-9-11-13-14-15-16-17-18-20-22-26-30-34-43(48)52-38-42(39-54-56(50,51)53-37-41(47)36-45)55-44(49)35-31-27-23-25-29-33-40(46)32-28-24-21-19-12-10-8-6-4-2/h11-13,15-16,18-20,23-25,28-29,33,40-42,45-47H,3-10,14,17,21-22,26-27,30-32,34-39H2,1-2H3,(H,50,51)/b13-11-,16-15-,19-12-,20-18-,25-23+,28-24-,33-29-/t40?,41-,42+/m0/s1. The Morgan fingerprint density at radius 2 is 1.12 bits per heavy atom. The second-order valence-corrected chi connectivity index (χ2v) is 15.0. The highest BCUT2D eigenvalue weighted by Gasteiger charge is 2.27. The molecule has 0 aliphatic rings. The largest absolute Gasteiger partial charge is 0.472 e. The minimum Gasteiger partial charge on any atom is -0.462 e. The molecule has 11 nitrogen and oxygen atoms in total. The predicted octanol–water partition coefficient (Wildman–Crippen LogP) is 9.63.